The summed E-state index contributed by atoms with van der Waals surface area (Å²) in [7, 11) is 0. The first-order chi connectivity index (χ1) is 14.0. The first kappa shape index (κ1) is 19.3. The van der Waals surface area contributed by atoms with Crippen molar-refractivity contribution < 1.29 is 13.7 Å². The maximum Gasteiger partial charge on any atom is 0.227 e. The molecule has 0 aliphatic carbocycles. The lowest BCUT2D eigenvalue weighted by Gasteiger charge is -2.32. The van der Waals surface area contributed by atoms with Crippen LogP contribution in [0.3, 0.4) is 0 Å². The maximum atomic E-state index is 13.8. The van der Waals surface area contributed by atoms with Crippen LogP contribution in [0.2, 0.25) is 0 Å². The zero-order chi connectivity index (χ0) is 20.4. The van der Waals surface area contributed by atoms with Crippen molar-refractivity contribution in [3.63, 3.8) is 0 Å². The summed E-state index contributed by atoms with van der Waals surface area (Å²) in [5.41, 5.74) is 4.33. The number of hydrogen-bond donors (Lipinski definition) is 0. The molecule has 2 aromatic heterocycles. The van der Waals surface area contributed by atoms with Gasteiger partial charge in [0.25, 0.3) is 0 Å². The monoisotopic (exact) mass is 393 g/mol. The number of amides is 1. The van der Waals surface area contributed by atoms with Gasteiger partial charge < -0.3 is 9.42 Å². The third-order valence-corrected chi connectivity index (χ3v) is 5.69. The number of rotatable bonds is 4. The van der Waals surface area contributed by atoms with Gasteiger partial charge in [-0.15, -0.1) is 0 Å². The number of pyridine rings is 1. The second-order valence-corrected chi connectivity index (χ2v) is 7.60. The summed E-state index contributed by atoms with van der Waals surface area (Å²) in [5.74, 6) is 0.800. The van der Waals surface area contributed by atoms with E-state index < -0.39 is 0 Å². The second kappa shape index (κ2) is 8.15. The van der Waals surface area contributed by atoms with E-state index in [4.69, 9.17) is 4.52 Å². The van der Waals surface area contributed by atoms with Crippen molar-refractivity contribution in [1.29, 1.82) is 0 Å². The molecule has 1 amide bonds. The van der Waals surface area contributed by atoms with Crippen LogP contribution in [0.25, 0.3) is 11.3 Å². The van der Waals surface area contributed by atoms with Gasteiger partial charge in [0.05, 0.1) is 23.4 Å². The van der Waals surface area contributed by atoms with E-state index in [1.807, 2.05) is 31.0 Å². The quantitative estimate of drug-likeness (QED) is 0.657. The summed E-state index contributed by atoms with van der Waals surface area (Å²) in [6, 6.07) is 10.6. The lowest BCUT2D eigenvalue weighted by molar-refractivity contribution is -0.131. The van der Waals surface area contributed by atoms with Gasteiger partial charge in [-0.05, 0) is 61.9 Å². The first-order valence-electron chi connectivity index (χ1n) is 9.93. The number of likely N-dealkylation sites (tertiary alicyclic amines) is 1. The van der Waals surface area contributed by atoms with Gasteiger partial charge in [-0.3, -0.25) is 9.78 Å². The molecule has 6 heteroatoms. The Hall–Kier alpha value is -3.02. The predicted octanol–water partition coefficient (Wildman–Crippen LogP) is 4.44. The highest BCUT2D eigenvalue weighted by atomic mass is 19.1. The Morgan fingerprint density at radius 3 is 2.66 bits per heavy atom. The number of benzene rings is 1. The van der Waals surface area contributed by atoms with Gasteiger partial charge in [-0.25, -0.2) is 4.39 Å². The maximum absolute atomic E-state index is 13.8. The average Bonchev–Trinajstić information content (AvgIpc) is 3.08. The number of carbonyl (C=O) groups is 1. The summed E-state index contributed by atoms with van der Waals surface area (Å²) >= 11 is 0. The van der Waals surface area contributed by atoms with Crippen LogP contribution in [0.15, 0.2) is 47.1 Å². The van der Waals surface area contributed by atoms with E-state index in [1.165, 1.54) is 11.6 Å². The minimum absolute atomic E-state index is 0.0142. The van der Waals surface area contributed by atoms with Crippen LogP contribution in [0.4, 0.5) is 4.39 Å². The minimum Gasteiger partial charge on any atom is -0.361 e. The van der Waals surface area contributed by atoms with E-state index >= 15 is 0 Å². The van der Waals surface area contributed by atoms with Crippen LogP contribution in [0.1, 0.15) is 41.3 Å². The van der Waals surface area contributed by atoms with Crippen molar-refractivity contribution in [2.75, 3.05) is 13.1 Å². The highest BCUT2D eigenvalue weighted by Gasteiger charge is 2.25. The number of aryl methyl sites for hydroxylation is 2. The summed E-state index contributed by atoms with van der Waals surface area (Å²) in [6.45, 7) is 5.17. The highest BCUT2D eigenvalue weighted by Crippen LogP contribution is 2.32. The Morgan fingerprint density at radius 1 is 1.21 bits per heavy atom. The van der Waals surface area contributed by atoms with Crippen LogP contribution < -0.4 is 0 Å². The van der Waals surface area contributed by atoms with E-state index in [9.17, 15) is 9.18 Å². The van der Waals surface area contributed by atoms with Crippen LogP contribution in [-0.4, -0.2) is 34.0 Å². The minimum atomic E-state index is -0.320. The third kappa shape index (κ3) is 4.06. The molecule has 1 saturated heterocycles. The molecule has 0 atom stereocenters. The Labute approximate surface area is 169 Å². The molecule has 3 heterocycles. The fraction of sp³-hybridized carbons (Fsp3) is 0.348. The van der Waals surface area contributed by atoms with Gasteiger partial charge in [0.15, 0.2) is 0 Å². The molecule has 1 aliphatic heterocycles. The Bertz CT molecular complexity index is 1000. The fourth-order valence-electron chi connectivity index (χ4n) is 4.06. The lowest BCUT2D eigenvalue weighted by Crippen LogP contribution is -2.38. The van der Waals surface area contributed by atoms with Crippen LogP contribution in [0.5, 0.6) is 0 Å². The number of nitrogens with zero attached hydrogens (tertiary/aromatic N) is 3. The summed E-state index contributed by atoms with van der Waals surface area (Å²) < 4.78 is 19.1. The van der Waals surface area contributed by atoms with E-state index in [1.54, 1.807) is 18.2 Å². The molecule has 0 N–H and O–H groups in total. The van der Waals surface area contributed by atoms with Crippen LogP contribution in [0, 0.1) is 19.7 Å². The van der Waals surface area contributed by atoms with Crippen molar-refractivity contribution in [2.24, 2.45) is 0 Å². The lowest BCUT2D eigenvalue weighted by atomic mass is 9.89. The molecule has 4 rings (SSSR count). The topological polar surface area (TPSA) is 59.2 Å². The third-order valence-electron chi connectivity index (χ3n) is 5.69. The highest BCUT2D eigenvalue weighted by molar-refractivity contribution is 5.79. The normalized spacial score (nSPS) is 14.9. The largest absolute Gasteiger partial charge is 0.361 e. The zero-order valence-corrected chi connectivity index (χ0v) is 16.7. The average molecular weight is 393 g/mol. The molecule has 0 saturated carbocycles. The smallest absolute Gasteiger partial charge is 0.227 e. The van der Waals surface area contributed by atoms with Crippen molar-refractivity contribution in [1.82, 2.24) is 15.0 Å². The standard InChI is InChI=1S/C23H24FN3O2/c1-15-23(16(2)29-26-15)21-13-18(7-10-25-21)17-8-11-27(12-9-17)22(28)14-19-5-3-4-6-20(19)24/h3-7,10,13,17H,8-9,11-12,14H2,1-2H3. The van der Waals surface area contributed by atoms with Crippen LogP contribution in [-0.2, 0) is 11.2 Å². The van der Waals surface area contributed by atoms with Crippen molar-refractivity contribution in [3.05, 3.63) is 71.0 Å². The Kier molecular flexibility index (Phi) is 5.43. The Morgan fingerprint density at radius 2 is 1.97 bits per heavy atom. The number of piperidine rings is 1. The van der Waals surface area contributed by atoms with Gasteiger partial charge in [-0.1, -0.05) is 23.4 Å². The van der Waals surface area contributed by atoms with Crippen LogP contribution >= 0.6 is 0 Å². The molecule has 0 radical (unpaired) electrons. The molecular weight excluding hydrogens is 369 g/mol. The van der Waals surface area contributed by atoms with E-state index in [-0.39, 0.29) is 18.1 Å². The fourth-order valence-corrected chi connectivity index (χ4v) is 4.06. The van der Waals surface area contributed by atoms with Gasteiger partial charge in [0.1, 0.15) is 11.6 Å². The number of hydrogen-bond acceptors (Lipinski definition) is 4. The molecule has 1 aliphatic rings. The number of halogens is 1. The molecule has 29 heavy (non-hydrogen) atoms. The van der Waals surface area contributed by atoms with E-state index in [2.05, 4.69) is 16.2 Å². The molecule has 150 valence electrons. The van der Waals surface area contributed by atoms with E-state index in [0.29, 0.717) is 24.6 Å². The Balaban J connectivity index is 1.42. The second-order valence-electron chi connectivity index (χ2n) is 7.60. The molecule has 3 aromatic rings. The van der Waals surface area contributed by atoms with Crippen molar-refractivity contribution in [2.45, 2.75) is 39.0 Å². The molecule has 1 aromatic carbocycles. The number of carbonyl (C=O) groups excluding carboxylic acids is 1. The SMILES string of the molecule is Cc1noc(C)c1-c1cc(C2CCN(C(=O)Cc3ccccc3F)CC2)ccn1. The molecular formula is C23H24FN3O2. The molecule has 0 spiro atoms. The van der Waals surface area contributed by atoms with Gasteiger partial charge in [-0.2, -0.15) is 0 Å². The molecule has 1 fully saturated rings. The molecule has 0 bridgehead atoms. The summed E-state index contributed by atoms with van der Waals surface area (Å²) in [6.07, 6.45) is 3.71. The zero-order valence-electron chi connectivity index (χ0n) is 16.7. The van der Waals surface area contributed by atoms with Gasteiger partial charge >= 0.3 is 0 Å². The van der Waals surface area contributed by atoms with E-state index in [0.717, 1.165) is 35.6 Å². The van der Waals surface area contributed by atoms with Crippen molar-refractivity contribution in [3.8, 4) is 11.3 Å². The summed E-state index contributed by atoms with van der Waals surface area (Å²) in [5, 5.41) is 4.02. The molecule has 0 unspecified atom stereocenters. The van der Waals surface area contributed by atoms with Crippen molar-refractivity contribution >= 4 is 5.91 Å². The van der Waals surface area contributed by atoms with Gasteiger partial charge in [0, 0.05) is 19.3 Å². The summed E-state index contributed by atoms with van der Waals surface area (Å²) in [4.78, 5) is 18.9. The number of aromatic nitrogens is 2. The van der Waals surface area contributed by atoms with Gasteiger partial charge in [0.2, 0.25) is 5.91 Å². The predicted molar refractivity (Wildman–Crippen MR) is 108 cm³/mol. The molecule has 5 nitrogen and oxygen atoms in total. The first-order valence-corrected chi connectivity index (χ1v) is 9.93.